The average molecular weight is 719 g/mol. The number of carbonyl (C=O) groups excluding carboxylic acids is 1. The number of hydrogen-bond donors (Lipinski definition) is 3. The largest absolute Gasteiger partial charge is 0.461 e. The Hall–Kier alpha value is -0.970. The van der Waals surface area contributed by atoms with Crippen molar-refractivity contribution in [3.05, 3.63) is 0 Å². The fourth-order valence-corrected chi connectivity index (χ4v) is 8.22. The molecular formula is C37H70N2O11. The van der Waals surface area contributed by atoms with Gasteiger partial charge >= 0.3 is 5.97 Å². The predicted molar refractivity (Wildman–Crippen MR) is 188 cm³/mol. The summed E-state index contributed by atoms with van der Waals surface area (Å²) in [5.41, 5.74) is -2.00. The number of nitrogens with zero attached hydrogens (tertiary/aromatic N) is 2. The number of carbonyl (C=O) groups is 1. The molecule has 0 saturated carbocycles. The molecule has 0 aromatic rings. The summed E-state index contributed by atoms with van der Waals surface area (Å²) in [6, 6.07) is -0.459. The number of rotatable bonds is 8. The van der Waals surface area contributed by atoms with Crippen LogP contribution in [0.5, 0.6) is 0 Å². The number of aliphatic hydroxyl groups excluding tert-OH is 3. The number of esters is 1. The van der Waals surface area contributed by atoms with Gasteiger partial charge in [0.1, 0.15) is 18.3 Å². The van der Waals surface area contributed by atoms with Crippen LogP contribution in [0.3, 0.4) is 0 Å². The van der Waals surface area contributed by atoms with E-state index >= 15 is 0 Å². The Kier molecular flexibility index (Phi) is 15.6. The number of aliphatic hydroxyl groups is 3. The summed E-state index contributed by atoms with van der Waals surface area (Å²) in [5, 5.41) is 34.2. The molecule has 3 fully saturated rings. The van der Waals surface area contributed by atoms with Gasteiger partial charge in [0.2, 0.25) is 0 Å². The monoisotopic (exact) mass is 718 g/mol. The zero-order valence-electron chi connectivity index (χ0n) is 33.2. The van der Waals surface area contributed by atoms with Crippen LogP contribution in [0, 0.1) is 17.8 Å². The van der Waals surface area contributed by atoms with Crippen LogP contribution in [-0.4, -0.2) is 158 Å². The number of methoxy groups -OCH3 is 2. The van der Waals surface area contributed by atoms with Gasteiger partial charge in [0.15, 0.2) is 12.6 Å². The molecule has 3 aliphatic rings. The molecule has 3 rings (SSSR count). The van der Waals surface area contributed by atoms with E-state index in [-0.39, 0.29) is 30.5 Å². The van der Waals surface area contributed by atoms with E-state index in [4.69, 9.17) is 33.2 Å². The highest BCUT2D eigenvalue weighted by atomic mass is 16.7. The van der Waals surface area contributed by atoms with Crippen LogP contribution in [0.4, 0.5) is 0 Å². The second kappa shape index (κ2) is 17.9. The lowest BCUT2D eigenvalue weighted by Crippen LogP contribution is -2.61. The first kappa shape index (κ1) is 43.4. The zero-order valence-corrected chi connectivity index (χ0v) is 33.2. The van der Waals surface area contributed by atoms with Crippen LogP contribution in [0.2, 0.25) is 0 Å². The summed E-state index contributed by atoms with van der Waals surface area (Å²) in [6.45, 7) is 17.6. The minimum absolute atomic E-state index is 0.197. The van der Waals surface area contributed by atoms with Crippen molar-refractivity contribution in [1.29, 1.82) is 0 Å². The summed E-state index contributed by atoms with van der Waals surface area (Å²) in [7, 11) is 8.93. The Bertz CT molecular complexity index is 1070. The molecular weight excluding hydrogens is 648 g/mol. The molecule has 50 heavy (non-hydrogen) atoms. The van der Waals surface area contributed by atoms with Crippen molar-refractivity contribution >= 4 is 5.97 Å². The van der Waals surface area contributed by atoms with Crippen molar-refractivity contribution in [2.75, 3.05) is 41.9 Å². The average Bonchev–Trinajstić information content (AvgIpc) is 3.07. The number of hydrogen-bond acceptors (Lipinski definition) is 13. The molecule has 3 aliphatic heterocycles. The van der Waals surface area contributed by atoms with E-state index in [1.807, 2.05) is 79.4 Å². The van der Waals surface area contributed by atoms with Gasteiger partial charge in [-0.3, -0.25) is 9.69 Å². The standard InChI is InChI=1S/C37H70N2O11/c1-15-26-19-39(12)24(6)29(40)20(2)17-37(9,45-14)33(50-35-30(41)27(38(10)11)16-21(3)46-35)22(4)31(23(5)34(43)48-26)49-28-18-36(8,44-13)32(42)25(7)47-28/h20-33,35,40-42H,15-19H2,1-14H3/t20-,21-,22+,23-,24+,25+,26+,27+,28?,29+,30-,31+,32+,33-,35+,36-,37+/m1/s1. The Labute approximate surface area is 301 Å². The lowest BCUT2D eigenvalue weighted by molar-refractivity contribution is -0.319. The zero-order chi connectivity index (χ0) is 37.9. The van der Waals surface area contributed by atoms with Gasteiger partial charge in [0.25, 0.3) is 0 Å². The maximum Gasteiger partial charge on any atom is 0.311 e. The van der Waals surface area contributed by atoms with E-state index in [9.17, 15) is 20.1 Å². The van der Waals surface area contributed by atoms with Gasteiger partial charge in [0, 0.05) is 45.2 Å². The first-order chi connectivity index (χ1) is 23.2. The van der Waals surface area contributed by atoms with Crippen molar-refractivity contribution in [2.45, 2.75) is 173 Å². The molecule has 0 radical (unpaired) electrons. The third-order valence-corrected chi connectivity index (χ3v) is 12.0. The van der Waals surface area contributed by atoms with Crippen LogP contribution < -0.4 is 0 Å². The highest BCUT2D eigenvalue weighted by molar-refractivity contribution is 5.73. The molecule has 3 heterocycles. The van der Waals surface area contributed by atoms with Crippen molar-refractivity contribution in [3.8, 4) is 0 Å². The summed E-state index contributed by atoms with van der Waals surface area (Å²) in [4.78, 5) is 18.1. The second-order valence-electron chi connectivity index (χ2n) is 16.2. The van der Waals surface area contributed by atoms with Crippen molar-refractivity contribution in [3.63, 3.8) is 0 Å². The fraction of sp³-hybridized carbons (Fsp3) is 0.973. The molecule has 0 amide bonds. The fourth-order valence-electron chi connectivity index (χ4n) is 8.22. The molecule has 0 aromatic heterocycles. The Morgan fingerprint density at radius 3 is 2.10 bits per heavy atom. The van der Waals surface area contributed by atoms with E-state index in [2.05, 4.69) is 0 Å². The molecule has 0 bridgehead atoms. The molecule has 17 atom stereocenters. The molecule has 0 aromatic carbocycles. The first-order valence-corrected chi connectivity index (χ1v) is 18.6. The molecule has 0 aliphatic carbocycles. The second-order valence-corrected chi connectivity index (χ2v) is 16.2. The summed E-state index contributed by atoms with van der Waals surface area (Å²) in [6.07, 6.45) is -5.50. The first-order valence-electron chi connectivity index (χ1n) is 18.6. The van der Waals surface area contributed by atoms with Gasteiger partial charge in [-0.15, -0.1) is 0 Å². The third kappa shape index (κ3) is 9.76. The van der Waals surface area contributed by atoms with Gasteiger partial charge < -0.3 is 53.4 Å². The normalized spacial score (nSPS) is 47.9. The van der Waals surface area contributed by atoms with Gasteiger partial charge in [-0.2, -0.15) is 0 Å². The van der Waals surface area contributed by atoms with Crippen molar-refractivity contribution in [2.24, 2.45) is 17.8 Å². The molecule has 0 spiro atoms. The Morgan fingerprint density at radius 2 is 1.54 bits per heavy atom. The Morgan fingerprint density at radius 1 is 0.920 bits per heavy atom. The number of cyclic esters (lactones) is 1. The smallest absolute Gasteiger partial charge is 0.311 e. The quantitative estimate of drug-likeness (QED) is 0.316. The van der Waals surface area contributed by atoms with Crippen LogP contribution in [-0.2, 0) is 38.0 Å². The molecule has 1 unspecified atom stereocenters. The van der Waals surface area contributed by atoms with Crippen LogP contribution in [0.1, 0.15) is 88.0 Å². The van der Waals surface area contributed by atoms with Crippen LogP contribution in [0.25, 0.3) is 0 Å². The van der Waals surface area contributed by atoms with Crippen molar-refractivity contribution < 1.29 is 53.3 Å². The molecule has 3 N–H and O–H groups in total. The highest BCUT2D eigenvalue weighted by Crippen LogP contribution is 2.41. The molecule has 13 nitrogen and oxygen atoms in total. The van der Waals surface area contributed by atoms with E-state index < -0.39 is 84.3 Å². The van der Waals surface area contributed by atoms with Gasteiger partial charge in [-0.1, -0.05) is 20.8 Å². The minimum atomic E-state index is -1.05. The molecule has 294 valence electrons. The van der Waals surface area contributed by atoms with Gasteiger partial charge in [0.05, 0.1) is 47.6 Å². The molecule has 13 heteroatoms. The van der Waals surface area contributed by atoms with Gasteiger partial charge in [-0.25, -0.2) is 0 Å². The summed E-state index contributed by atoms with van der Waals surface area (Å²) < 4.78 is 44.4. The maximum absolute atomic E-state index is 14.1. The minimum Gasteiger partial charge on any atom is -0.461 e. The molecule has 3 saturated heterocycles. The summed E-state index contributed by atoms with van der Waals surface area (Å²) in [5.74, 6) is -2.03. The number of likely N-dealkylation sites (N-methyl/N-ethyl adjacent to an activating group) is 2. The van der Waals surface area contributed by atoms with Crippen LogP contribution in [0.15, 0.2) is 0 Å². The lowest BCUT2D eigenvalue weighted by Gasteiger charge is -2.50. The van der Waals surface area contributed by atoms with E-state index in [1.54, 1.807) is 28.1 Å². The van der Waals surface area contributed by atoms with Gasteiger partial charge in [-0.05, 0) is 87.9 Å². The third-order valence-electron chi connectivity index (χ3n) is 12.0. The van der Waals surface area contributed by atoms with E-state index in [0.717, 1.165) is 0 Å². The van der Waals surface area contributed by atoms with Crippen LogP contribution >= 0.6 is 0 Å². The van der Waals surface area contributed by atoms with E-state index in [0.29, 0.717) is 25.8 Å². The predicted octanol–water partition coefficient (Wildman–Crippen LogP) is 2.80. The summed E-state index contributed by atoms with van der Waals surface area (Å²) >= 11 is 0. The Balaban J connectivity index is 2.17. The maximum atomic E-state index is 14.1. The topological polar surface area (TPSA) is 149 Å². The number of ether oxygens (including phenoxy) is 7. The van der Waals surface area contributed by atoms with Crippen molar-refractivity contribution in [1.82, 2.24) is 9.80 Å². The van der Waals surface area contributed by atoms with E-state index in [1.165, 1.54) is 0 Å². The lowest BCUT2D eigenvalue weighted by atomic mass is 9.76. The SMILES string of the molecule is CC[C@H]1CN(C)[C@@H](C)[C@@H](O)[C@H](C)C[C@](C)(OC)[C@H](O[C@@H]2O[C@H](C)C[C@H](N(C)C)[C@H]2O)[C@@H](C)[C@H](OC2C[C@@](C)(OC)[C@@H](O)[C@H](C)O2)[C@@H](C)C(=O)O1. The highest BCUT2D eigenvalue weighted by Gasteiger charge is 2.52.